The Labute approximate surface area is 149 Å². The van der Waals surface area contributed by atoms with Gasteiger partial charge in [-0.3, -0.25) is 9.59 Å². The number of hydrogen-bond donors (Lipinski definition) is 1. The smallest absolute Gasteiger partial charge is 0.280 e. The second kappa shape index (κ2) is 6.91. The van der Waals surface area contributed by atoms with Crippen molar-refractivity contribution in [2.75, 3.05) is 5.32 Å². The molecule has 1 aromatic heterocycles. The molecule has 1 heterocycles. The van der Waals surface area contributed by atoms with Crippen LogP contribution in [0.15, 0.2) is 59.4 Å². The monoisotopic (exact) mass is 353 g/mol. The first-order chi connectivity index (χ1) is 11.9. The molecular formula is C19H16ClN3O2. The molecule has 5 nitrogen and oxygen atoms in total. The molecule has 0 saturated heterocycles. The summed E-state index contributed by atoms with van der Waals surface area (Å²) < 4.78 is 1.54. The Morgan fingerprint density at radius 1 is 1.04 bits per heavy atom. The number of carbonyl (C=O) groups excluding carboxylic acids is 1. The van der Waals surface area contributed by atoms with Gasteiger partial charge in [0, 0.05) is 22.5 Å². The number of anilines is 1. The van der Waals surface area contributed by atoms with Gasteiger partial charge < -0.3 is 5.32 Å². The van der Waals surface area contributed by atoms with E-state index in [1.165, 1.54) is 6.07 Å². The van der Waals surface area contributed by atoms with Crippen molar-refractivity contribution in [1.82, 2.24) is 9.78 Å². The van der Waals surface area contributed by atoms with Gasteiger partial charge in [0.05, 0.1) is 5.69 Å². The summed E-state index contributed by atoms with van der Waals surface area (Å²) in [5.41, 5.74) is 2.44. The zero-order chi connectivity index (χ0) is 18.0. The maximum absolute atomic E-state index is 12.5. The van der Waals surface area contributed by atoms with Crippen LogP contribution in [0.3, 0.4) is 0 Å². The number of halogens is 1. The normalized spacial score (nSPS) is 10.5. The molecule has 3 rings (SSSR count). The van der Waals surface area contributed by atoms with Crippen molar-refractivity contribution < 1.29 is 4.79 Å². The molecule has 0 aliphatic carbocycles. The van der Waals surface area contributed by atoms with Gasteiger partial charge >= 0.3 is 0 Å². The highest BCUT2D eigenvalue weighted by Crippen LogP contribution is 2.14. The zero-order valence-corrected chi connectivity index (χ0v) is 14.5. The van der Waals surface area contributed by atoms with Crippen LogP contribution in [0, 0.1) is 13.8 Å². The van der Waals surface area contributed by atoms with E-state index in [2.05, 4.69) is 10.4 Å². The highest BCUT2D eigenvalue weighted by atomic mass is 35.5. The third-order valence-electron chi connectivity index (χ3n) is 3.70. The minimum Gasteiger partial charge on any atom is -0.320 e. The largest absolute Gasteiger partial charge is 0.320 e. The van der Waals surface area contributed by atoms with Gasteiger partial charge in [0.2, 0.25) is 5.43 Å². The fourth-order valence-electron chi connectivity index (χ4n) is 2.38. The lowest BCUT2D eigenvalue weighted by Crippen LogP contribution is -2.26. The molecule has 126 valence electrons. The molecule has 6 heteroatoms. The number of nitrogens with zero attached hydrogens (tertiary/aromatic N) is 2. The van der Waals surface area contributed by atoms with Crippen LogP contribution in [0.5, 0.6) is 0 Å². The predicted molar refractivity (Wildman–Crippen MR) is 98.7 cm³/mol. The van der Waals surface area contributed by atoms with Crippen LogP contribution in [0.25, 0.3) is 5.69 Å². The Balaban J connectivity index is 1.97. The highest BCUT2D eigenvalue weighted by Gasteiger charge is 2.15. The van der Waals surface area contributed by atoms with Gasteiger partial charge in [-0.2, -0.15) is 5.10 Å². The Morgan fingerprint density at radius 3 is 2.32 bits per heavy atom. The van der Waals surface area contributed by atoms with Crippen molar-refractivity contribution >= 4 is 23.2 Å². The Hall–Kier alpha value is -2.92. The zero-order valence-electron chi connectivity index (χ0n) is 13.8. The van der Waals surface area contributed by atoms with Gasteiger partial charge in [0.15, 0.2) is 5.69 Å². The molecule has 1 amide bonds. The Bertz CT molecular complexity index is 977. The first-order valence-corrected chi connectivity index (χ1v) is 8.07. The van der Waals surface area contributed by atoms with Crippen LogP contribution in [0.1, 0.15) is 21.7 Å². The average Bonchev–Trinajstić information content (AvgIpc) is 2.58. The fraction of sp³-hybridized carbons (Fsp3) is 0.105. The number of rotatable bonds is 3. The van der Waals surface area contributed by atoms with E-state index in [-0.39, 0.29) is 5.69 Å². The maximum Gasteiger partial charge on any atom is 0.280 e. The van der Waals surface area contributed by atoms with Gasteiger partial charge in [-0.05, 0) is 50.2 Å². The van der Waals surface area contributed by atoms with E-state index in [4.69, 9.17) is 11.6 Å². The van der Waals surface area contributed by atoms with Crippen LogP contribution in [-0.4, -0.2) is 15.7 Å². The van der Waals surface area contributed by atoms with Crippen LogP contribution < -0.4 is 10.7 Å². The average molecular weight is 354 g/mol. The second-order valence-electron chi connectivity index (χ2n) is 5.71. The quantitative estimate of drug-likeness (QED) is 0.779. The molecule has 0 radical (unpaired) electrons. The van der Waals surface area contributed by atoms with Crippen molar-refractivity contribution in [3.63, 3.8) is 0 Å². The van der Waals surface area contributed by atoms with Crippen LogP contribution in [0.2, 0.25) is 5.02 Å². The summed E-state index contributed by atoms with van der Waals surface area (Å²) in [6.07, 6.45) is 0. The second-order valence-corrected chi connectivity index (χ2v) is 6.14. The first-order valence-electron chi connectivity index (χ1n) is 7.69. The van der Waals surface area contributed by atoms with E-state index >= 15 is 0 Å². The minimum absolute atomic E-state index is 0.166. The van der Waals surface area contributed by atoms with E-state index in [1.54, 1.807) is 48.0 Å². The first kappa shape index (κ1) is 16.9. The van der Waals surface area contributed by atoms with E-state index in [0.717, 1.165) is 5.56 Å². The molecule has 25 heavy (non-hydrogen) atoms. The van der Waals surface area contributed by atoms with Crippen molar-refractivity contribution in [3.05, 3.63) is 86.8 Å². The molecule has 0 aliphatic heterocycles. The third-order valence-corrected chi connectivity index (χ3v) is 3.96. The molecule has 0 atom stereocenters. The fourth-order valence-corrected chi connectivity index (χ4v) is 2.50. The number of nitrogens with one attached hydrogen (secondary N) is 1. The van der Waals surface area contributed by atoms with E-state index in [9.17, 15) is 9.59 Å². The molecule has 0 fully saturated rings. The maximum atomic E-state index is 12.5. The van der Waals surface area contributed by atoms with Gasteiger partial charge in [-0.15, -0.1) is 0 Å². The molecule has 1 N–H and O–H groups in total. The van der Waals surface area contributed by atoms with Gasteiger partial charge in [-0.25, -0.2) is 4.68 Å². The number of carbonyl (C=O) groups is 1. The lowest BCUT2D eigenvalue weighted by molar-refractivity contribution is 0.101. The van der Waals surface area contributed by atoms with Crippen molar-refractivity contribution in [1.29, 1.82) is 0 Å². The lowest BCUT2D eigenvalue weighted by Gasteiger charge is -2.11. The van der Waals surface area contributed by atoms with Crippen LogP contribution in [-0.2, 0) is 0 Å². The summed E-state index contributed by atoms with van der Waals surface area (Å²) in [6.45, 7) is 3.71. The van der Waals surface area contributed by atoms with Gasteiger partial charge in [-0.1, -0.05) is 29.3 Å². The molecule has 0 saturated carbocycles. The standard InChI is InChI=1S/C19H16ClN3O2/c1-12-3-7-15(8-4-12)21-19(25)18-17(24)11-13(2)23(22-18)16-9-5-14(20)6-10-16/h3-11H,1-2H3,(H,21,25). The van der Waals surface area contributed by atoms with E-state index < -0.39 is 11.3 Å². The van der Waals surface area contributed by atoms with Crippen molar-refractivity contribution in [2.45, 2.75) is 13.8 Å². The number of aryl methyl sites for hydroxylation is 2. The molecule has 0 bridgehead atoms. The van der Waals surface area contributed by atoms with Crippen LogP contribution >= 0.6 is 11.6 Å². The summed E-state index contributed by atoms with van der Waals surface area (Å²) in [5.74, 6) is -0.545. The summed E-state index contributed by atoms with van der Waals surface area (Å²) >= 11 is 5.90. The highest BCUT2D eigenvalue weighted by molar-refractivity contribution is 6.30. The van der Waals surface area contributed by atoms with E-state index in [1.807, 2.05) is 19.1 Å². The Kier molecular flexibility index (Phi) is 4.67. The number of hydrogen-bond acceptors (Lipinski definition) is 3. The minimum atomic E-state index is -0.545. The summed E-state index contributed by atoms with van der Waals surface area (Å²) in [5, 5.41) is 7.53. The summed E-state index contributed by atoms with van der Waals surface area (Å²) in [4.78, 5) is 24.7. The number of benzene rings is 2. The third kappa shape index (κ3) is 3.78. The number of amides is 1. The molecule has 2 aromatic carbocycles. The van der Waals surface area contributed by atoms with Crippen molar-refractivity contribution in [3.8, 4) is 5.69 Å². The molecule has 0 spiro atoms. The SMILES string of the molecule is Cc1ccc(NC(=O)c2nn(-c3ccc(Cl)cc3)c(C)cc2=O)cc1. The molecule has 3 aromatic rings. The van der Waals surface area contributed by atoms with Crippen LogP contribution in [0.4, 0.5) is 5.69 Å². The molecular weight excluding hydrogens is 338 g/mol. The van der Waals surface area contributed by atoms with Gasteiger partial charge in [0.25, 0.3) is 5.91 Å². The van der Waals surface area contributed by atoms with E-state index in [0.29, 0.717) is 22.1 Å². The molecule has 0 unspecified atom stereocenters. The predicted octanol–water partition coefficient (Wildman–Crippen LogP) is 3.76. The van der Waals surface area contributed by atoms with Crippen molar-refractivity contribution in [2.24, 2.45) is 0 Å². The lowest BCUT2D eigenvalue weighted by atomic mass is 10.2. The number of aromatic nitrogens is 2. The summed E-state index contributed by atoms with van der Waals surface area (Å²) in [7, 11) is 0. The topological polar surface area (TPSA) is 64.0 Å². The molecule has 0 aliphatic rings. The Morgan fingerprint density at radius 2 is 1.68 bits per heavy atom. The van der Waals surface area contributed by atoms with Gasteiger partial charge in [0.1, 0.15) is 0 Å². The summed E-state index contributed by atoms with van der Waals surface area (Å²) in [6, 6.07) is 15.7.